The molecule has 0 unspecified atom stereocenters. The molecule has 1 amide bonds. The summed E-state index contributed by atoms with van der Waals surface area (Å²) in [7, 11) is -3.57. The quantitative estimate of drug-likeness (QED) is 0.0878. The number of hydrogen-bond donors (Lipinski definition) is 0. The van der Waals surface area contributed by atoms with E-state index in [0.717, 1.165) is 0 Å². The van der Waals surface area contributed by atoms with Crippen LogP contribution in [0.3, 0.4) is 0 Å². The van der Waals surface area contributed by atoms with E-state index in [4.69, 9.17) is 10.8 Å². The number of hydrogen-bond acceptors (Lipinski definition) is 2. The number of likely N-dealkylation sites (tertiary alicyclic amines) is 1. The Morgan fingerprint density at radius 3 is 1.87 bits per heavy atom. The summed E-state index contributed by atoms with van der Waals surface area (Å²) in [6, 6.07) is 0.0764. The van der Waals surface area contributed by atoms with E-state index in [0.29, 0.717) is 6.54 Å². The van der Waals surface area contributed by atoms with Crippen LogP contribution in [0.1, 0.15) is 87.0 Å². The molecule has 0 saturated carbocycles. The van der Waals surface area contributed by atoms with Gasteiger partial charge in [-0.05, 0) is 0 Å². The van der Waals surface area contributed by atoms with Gasteiger partial charge in [-0.15, -0.1) is 0 Å². The molecule has 38 heavy (non-hydrogen) atoms. The minimum absolute atomic E-state index is 0.0764. The second kappa shape index (κ2) is 15.3. The van der Waals surface area contributed by atoms with Crippen LogP contribution in [0.2, 0.25) is 55.5 Å². The van der Waals surface area contributed by atoms with E-state index < -0.39 is 34.8 Å². The molecular formula is C32H63NO2Si2Sn. The molecule has 0 aromatic carbocycles. The zero-order valence-corrected chi connectivity index (χ0v) is 32.3. The van der Waals surface area contributed by atoms with Crippen LogP contribution in [0.5, 0.6) is 0 Å². The molecule has 1 rings (SSSR count). The van der Waals surface area contributed by atoms with Crippen LogP contribution in [0, 0.1) is 18.3 Å². The van der Waals surface area contributed by atoms with E-state index in [1.807, 2.05) is 4.90 Å². The molecule has 0 N–H and O–H groups in total. The summed E-state index contributed by atoms with van der Waals surface area (Å²) in [4.78, 5) is 15.4. The maximum absolute atomic E-state index is 13.4. The van der Waals surface area contributed by atoms with Crippen molar-refractivity contribution in [3.63, 3.8) is 0 Å². The normalized spacial score (nSPS) is 20.3. The fourth-order valence-electron chi connectivity index (χ4n) is 5.74. The minimum atomic E-state index is -2.40. The summed E-state index contributed by atoms with van der Waals surface area (Å²) in [5.74, 6) is 2.84. The molecular weight excluding hydrogens is 605 g/mol. The summed E-state index contributed by atoms with van der Waals surface area (Å²) in [6.07, 6.45) is 16.3. The Morgan fingerprint density at radius 1 is 1.03 bits per heavy atom. The number of amides is 1. The van der Waals surface area contributed by atoms with E-state index in [9.17, 15) is 4.79 Å². The van der Waals surface area contributed by atoms with Crippen molar-refractivity contribution in [1.82, 2.24) is 4.90 Å². The first-order valence-corrected chi connectivity index (χ1v) is 30.1. The van der Waals surface area contributed by atoms with Crippen LogP contribution in [-0.4, -0.2) is 64.3 Å². The Labute approximate surface area is 244 Å². The molecule has 3 nitrogen and oxygen atoms in total. The number of β-lactam (4-membered cyclic amide) rings is 1. The number of rotatable bonds is 17. The van der Waals surface area contributed by atoms with Crippen molar-refractivity contribution in [2.45, 2.75) is 155 Å². The van der Waals surface area contributed by atoms with Crippen molar-refractivity contribution < 1.29 is 9.22 Å². The summed E-state index contributed by atoms with van der Waals surface area (Å²) >= 11 is -2.40. The fourth-order valence-corrected chi connectivity index (χ4v) is 31.2. The van der Waals surface area contributed by atoms with Crippen LogP contribution in [-0.2, 0) is 9.22 Å². The number of allylic oxidation sites excluding steroid dienone is 1. The van der Waals surface area contributed by atoms with Crippen LogP contribution >= 0.6 is 0 Å². The Morgan fingerprint density at radius 2 is 1.50 bits per heavy atom. The molecule has 1 fully saturated rings. The number of unbranched alkanes of at least 4 members (excludes halogenated alkanes) is 3. The first-order valence-electron chi connectivity index (χ1n) is 15.6. The first-order chi connectivity index (χ1) is 17.5. The fraction of sp³-hybridized carbons (Fsp3) is 0.844. The maximum atomic E-state index is 13.4. The van der Waals surface area contributed by atoms with Gasteiger partial charge in [-0.25, -0.2) is 0 Å². The van der Waals surface area contributed by atoms with E-state index in [2.05, 4.69) is 93.2 Å². The van der Waals surface area contributed by atoms with Gasteiger partial charge in [-0.3, -0.25) is 0 Å². The van der Waals surface area contributed by atoms with Crippen molar-refractivity contribution in [3.8, 4) is 12.3 Å². The number of carbonyl (C=O) groups is 1. The van der Waals surface area contributed by atoms with Gasteiger partial charge >= 0.3 is 246 Å². The Hall–Kier alpha value is -0.0375. The molecule has 0 aliphatic carbocycles. The topological polar surface area (TPSA) is 29.5 Å². The molecule has 0 bridgehead atoms. The van der Waals surface area contributed by atoms with Gasteiger partial charge in [0.1, 0.15) is 0 Å². The van der Waals surface area contributed by atoms with Crippen LogP contribution in [0.15, 0.2) is 11.3 Å². The number of terminal acetylenes is 1. The van der Waals surface area contributed by atoms with E-state index in [1.165, 1.54) is 56.3 Å². The van der Waals surface area contributed by atoms with Gasteiger partial charge < -0.3 is 0 Å². The van der Waals surface area contributed by atoms with Gasteiger partial charge in [0.2, 0.25) is 0 Å². The molecule has 1 heterocycles. The van der Waals surface area contributed by atoms with Gasteiger partial charge in [0.05, 0.1) is 0 Å². The van der Waals surface area contributed by atoms with Crippen molar-refractivity contribution in [2.75, 3.05) is 6.54 Å². The molecule has 0 spiro atoms. The van der Waals surface area contributed by atoms with Gasteiger partial charge in [0, 0.05) is 0 Å². The average molecular weight is 669 g/mol. The second-order valence-electron chi connectivity index (χ2n) is 14.7. The van der Waals surface area contributed by atoms with E-state index >= 15 is 0 Å². The Kier molecular flexibility index (Phi) is 14.5. The second-order valence-corrected chi connectivity index (χ2v) is 38.5. The van der Waals surface area contributed by atoms with E-state index in [1.54, 1.807) is 5.20 Å². The van der Waals surface area contributed by atoms with Gasteiger partial charge in [0.25, 0.3) is 0 Å². The summed E-state index contributed by atoms with van der Waals surface area (Å²) in [5, 5.41) is 1.84. The third kappa shape index (κ3) is 9.80. The first kappa shape index (κ1) is 36.0. The average Bonchev–Trinajstić information content (AvgIpc) is 2.80. The number of carbonyl (C=O) groups excluding carboxylic acids is 1. The van der Waals surface area contributed by atoms with Crippen LogP contribution < -0.4 is 0 Å². The van der Waals surface area contributed by atoms with E-state index in [-0.39, 0.29) is 29.0 Å². The predicted molar refractivity (Wildman–Crippen MR) is 177 cm³/mol. The summed E-state index contributed by atoms with van der Waals surface area (Å²) < 4.78 is 12.8. The predicted octanol–water partition coefficient (Wildman–Crippen LogP) is 9.51. The molecule has 220 valence electrons. The SMILES string of the molecule is C#CCN1C(=O)[C@H]([C@@H](C)O[Si](C)(C)C(C)(C)C)[C@H]1/C=C(\[CH2][Sn]([CH2]CCC)([CH2]CCC)[CH2]CCC)[Si](C)(C)C. The molecule has 6 heteroatoms. The molecule has 0 aromatic heterocycles. The van der Waals surface area contributed by atoms with Crippen LogP contribution in [0.25, 0.3) is 0 Å². The Bertz CT molecular complexity index is 797. The zero-order chi connectivity index (χ0) is 29.4. The molecule has 0 radical (unpaired) electrons. The van der Waals surface area contributed by atoms with Gasteiger partial charge in [0.15, 0.2) is 0 Å². The Balaban J connectivity index is 3.50. The van der Waals surface area contributed by atoms with Crippen molar-refractivity contribution in [2.24, 2.45) is 5.92 Å². The van der Waals surface area contributed by atoms with Gasteiger partial charge in [-0.1, -0.05) is 0 Å². The zero-order valence-electron chi connectivity index (χ0n) is 27.4. The third-order valence-electron chi connectivity index (χ3n) is 9.43. The van der Waals surface area contributed by atoms with Gasteiger partial charge in [-0.2, -0.15) is 0 Å². The molecule has 1 aliphatic rings. The summed E-state index contributed by atoms with van der Waals surface area (Å²) in [6.45, 7) is 28.6. The molecule has 3 atom stereocenters. The molecule has 1 aliphatic heterocycles. The van der Waals surface area contributed by atoms with Crippen molar-refractivity contribution in [3.05, 3.63) is 11.3 Å². The third-order valence-corrected chi connectivity index (χ3v) is 32.6. The number of nitrogens with zero attached hydrogens (tertiary/aromatic N) is 1. The van der Waals surface area contributed by atoms with Crippen LogP contribution in [0.4, 0.5) is 0 Å². The molecule has 1 saturated heterocycles. The summed E-state index contributed by atoms with van der Waals surface area (Å²) in [5.41, 5.74) is 0. The standard InChI is InChI=1S/C20H36NO2Si2.3C4H9.Sn/c1-12-13-21-17(14-15(2)24(7,8)9)18(19(21)22)16(3)23-25(10,11)20(4,5)6;3*1-3-4-2;/h1,14,16-18H,2,13H2,3-11H3;3*1,3-4H2,2H3;/b15-14+;;;;/t16-,17-,18-;;;;/m1..../s1. The molecule has 0 aromatic rings. The monoisotopic (exact) mass is 669 g/mol. The van der Waals surface area contributed by atoms with Crippen molar-refractivity contribution in [1.29, 1.82) is 0 Å². The van der Waals surface area contributed by atoms with Crippen molar-refractivity contribution >= 4 is 40.7 Å².